The van der Waals surface area contributed by atoms with E-state index in [9.17, 15) is 0 Å². The van der Waals surface area contributed by atoms with Crippen molar-refractivity contribution >= 4 is 0 Å². The number of ether oxygens (including phenoxy) is 1. The quantitative estimate of drug-likeness (QED) is 0.681. The van der Waals surface area contributed by atoms with Crippen LogP contribution in [0.25, 0.3) is 0 Å². The molecule has 1 aliphatic heterocycles. The molecule has 3 heteroatoms. The molecule has 3 nitrogen and oxygen atoms in total. The van der Waals surface area contributed by atoms with E-state index >= 15 is 0 Å². The maximum atomic E-state index is 5.54. The summed E-state index contributed by atoms with van der Waals surface area (Å²) in [6.07, 6.45) is 2.33. The first-order valence-electron chi connectivity index (χ1n) is 5.17. The predicted octanol–water partition coefficient (Wildman–Crippen LogP) is 0.740. The molecule has 1 heterocycles. The fraction of sp³-hybridized carbons (Fsp3) is 1.00. The lowest BCUT2D eigenvalue weighted by Crippen LogP contribution is -2.42. The minimum absolute atomic E-state index is 0.418. The van der Waals surface area contributed by atoms with Crippen LogP contribution in [0.4, 0.5) is 0 Å². The third-order valence-electron chi connectivity index (χ3n) is 2.93. The highest BCUT2D eigenvalue weighted by Gasteiger charge is 2.27. The van der Waals surface area contributed by atoms with Crippen LogP contribution < -0.4 is 11.1 Å². The molecule has 0 aromatic rings. The molecule has 0 aromatic heterocycles. The Labute approximate surface area is 81.0 Å². The van der Waals surface area contributed by atoms with Crippen molar-refractivity contribution in [2.45, 2.75) is 32.7 Å². The summed E-state index contributed by atoms with van der Waals surface area (Å²) >= 11 is 0. The number of rotatable bonds is 4. The normalized spacial score (nSPS) is 24.2. The lowest BCUT2D eigenvalue weighted by molar-refractivity contribution is 0.0232. The summed E-state index contributed by atoms with van der Waals surface area (Å²) in [5.74, 6) is 0. The van der Waals surface area contributed by atoms with Crippen molar-refractivity contribution in [2.24, 2.45) is 11.1 Å². The molecule has 1 saturated heterocycles. The second kappa shape index (κ2) is 4.94. The highest BCUT2D eigenvalue weighted by molar-refractivity contribution is 4.80. The minimum Gasteiger partial charge on any atom is -0.381 e. The molecule has 0 saturated carbocycles. The fourth-order valence-electron chi connectivity index (χ4n) is 1.54. The van der Waals surface area contributed by atoms with E-state index in [2.05, 4.69) is 19.2 Å². The van der Waals surface area contributed by atoms with Gasteiger partial charge < -0.3 is 15.8 Å². The minimum atomic E-state index is 0.418. The Morgan fingerprint density at radius 2 is 2.08 bits per heavy atom. The summed E-state index contributed by atoms with van der Waals surface area (Å²) in [5.41, 5.74) is 5.96. The second-order valence-corrected chi connectivity index (χ2v) is 4.44. The van der Waals surface area contributed by atoms with Gasteiger partial charge >= 0.3 is 0 Å². The molecule has 0 amide bonds. The van der Waals surface area contributed by atoms with Crippen LogP contribution in [0.3, 0.4) is 0 Å². The van der Waals surface area contributed by atoms with E-state index in [0.29, 0.717) is 18.0 Å². The van der Waals surface area contributed by atoms with E-state index in [-0.39, 0.29) is 0 Å². The lowest BCUT2D eigenvalue weighted by Gasteiger charge is -2.34. The van der Waals surface area contributed by atoms with Gasteiger partial charge in [0, 0.05) is 32.3 Å². The van der Waals surface area contributed by atoms with Crippen LogP contribution in [0.1, 0.15) is 26.7 Å². The van der Waals surface area contributed by atoms with Gasteiger partial charge in [-0.2, -0.15) is 0 Å². The highest BCUT2D eigenvalue weighted by atomic mass is 16.5. The van der Waals surface area contributed by atoms with E-state index in [1.54, 1.807) is 0 Å². The van der Waals surface area contributed by atoms with E-state index in [4.69, 9.17) is 10.5 Å². The molecule has 0 radical (unpaired) electrons. The van der Waals surface area contributed by atoms with Gasteiger partial charge in [0.15, 0.2) is 0 Å². The van der Waals surface area contributed by atoms with Crippen molar-refractivity contribution in [3.63, 3.8) is 0 Å². The third kappa shape index (κ3) is 3.63. The molecule has 1 fully saturated rings. The smallest absolute Gasteiger partial charge is 0.0471 e. The first-order valence-corrected chi connectivity index (χ1v) is 5.17. The van der Waals surface area contributed by atoms with Crippen LogP contribution >= 0.6 is 0 Å². The van der Waals surface area contributed by atoms with Gasteiger partial charge in [0.25, 0.3) is 0 Å². The van der Waals surface area contributed by atoms with Crippen LogP contribution in [0.2, 0.25) is 0 Å². The van der Waals surface area contributed by atoms with Gasteiger partial charge in [-0.05, 0) is 25.2 Å². The van der Waals surface area contributed by atoms with E-state index in [1.165, 1.54) is 0 Å². The van der Waals surface area contributed by atoms with Crippen molar-refractivity contribution in [1.29, 1.82) is 0 Å². The Kier molecular flexibility index (Phi) is 4.16. The molecule has 1 rings (SSSR count). The second-order valence-electron chi connectivity index (χ2n) is 4.44. The van der Waals surface area contributed by atoms with Crippen molar-refractivity contribution in [1.82, 2.24) is 5.32 Å². The topological polar surface area (TPSA) is 47.3 Å². The summed E-state index contributed by atoms with van der Waals surface area (Å²) in [4.78, 5) is 0. The van der Waals surface area contributed by atoms with Gasteiger partial charge in [-0.25, -0.2) is 0 Å². The maximum Gasteiger partial charge on any atom is 0.0471 e. The van der Waals surface area contributed by atoms with Gasteiger partial charge in [-0.3, -0.25) is 0 Å². The average molecular weight is 186 g/mol. The summed E-state index contributed by atoms with van der Waals surface area (Å²) < 4.78 is 5.35. The summed E-state index contributed by atoms with van der Waals surface area (Å²) in [6, 6.07) is 0.430. The summed E-state index contributed by atoms with van der Waals surface area (Å²) in [6.45, 7) is 8.06. The van der Waals surface area contributed by atoms with Crippen LogP contribution in [0, 0.1) is 5.41 Å². The van der Waals surface area contributed by atoms with Crippen molar-refractivity contribution in [2.75, 3.05) is 26.3 Å². The molecule has 1 unspecified atom stereocenters. The molecule has 3 N–H and O–H groups in total. The van der Waals surface area contributed by atoms with Crippen LogP contribution in [-0.2, 0) is 4.74 Å². The Bertz CT molecular complexity index is 144. The Morgan fingerprint density at radius 1 is 1.46 bits per heavy atom. The van der Waals surface area contributed by atoms with Crippen molar-refractivity contribution < 1.29 is 4.74 Å². The van der Waals surface area contributed by atoms with E-state index in [1.807, 2.05) is 0 Å². The van der Waals surface area contributed by atoms with Crippen LogP contribution in [0.15, 0.2) is 0 Å². The summed E-state index contributed by atoms with van der Waals surface area (Å²) in [5, 5.41) is 3.46. The monoisotopic (exact) mass is 186 g/mol. The van der Waals surface area contributed by atoms with Crippen molar-refractivity contribution in [3.05, 3.63) is 0 Å². The molecular weight excluding hydrogens is 164 g/mol. The molecule has 0 aromatic carbocycles. The van der Waals surface area contributed by atoms with Crippen LogP contribution in [0.5, 0.6) is 0 Å². The predicted molar refractivity (Wildman–Crippen MR) is 54.7 cm³/mol. The fourth-order valence-corrected chi connectivity index (χ4v) is 1.54. The van der Waals surface area contributed by atoms with Gasteiger partial charge in [-0.1, -0.05) is 6.92 Å². The maximum absolute atomic E-state index is 5.54. The molecule has 0 spiro atoms. The lowest BCUT2D eigenvalue weighted by atomic mass is 9.82. The van der Waals surface area contributed by atoms with Gasteiger partial charge in [0.1, 0.15) is 0 Å². The molecule has 1 atom stereocenters. The molecule has 0 aliphatic carbocycles. The number of nitrogens with two attached hydrogens (primary N) is 1. The van der Waals surface area contributed by atoms with E-state index in [0.717, 1.165) is 32.6 Å². The van der Waals surface area contributed by atoms with Gasteiger partial charge in [0.05, 0.1) is 0 Å². The molecular formula is C10H22N2O. The Balaban J connectivity index is 2.24. The number of hydrogen-bond donors (Lipinski definition) is 2. The number of nitrogens with one attached hydrogen (secondary N) is 1. The largest absolute Gasteiger partial charge is 0.381 e. The zero-order valence-corrected chi connectivity index (χ0v) is 8.81. The van der Waals surface area contributed by atoms with Crippen molar-refractivity contribution in [3.8, 4) is 0 Å². The molecule has 78 valence electrons. The van der Waals surface area contributed by atoms with Crippen LogP contribution in [-0.4, -0.2) is 32.3 Å². The molecule has 0 bridgehead atoms. The zero-order valence-electron chi connectivity index (χ0n) is 8.81. The highest BCUT2D eigenvalue weighted by Crippen LogP contribution is 2.28. The first-order chi connectivity index (χ1) is 6.16. The van der Waals surface area contributed by atoms with Gasteiger partial charge in [-0.15, -0.1) is 0 Å². The Morgan fingerprint density at radius 3 is 2.62 bits per heavy atom. The number of hydrogen-bond acceptors (Lipinski definition) is 3. The van der Waals surface area contributed by atoms with E-state index < -0.39 is 0 Å². The first kappa shape index (κ1) is 11.0. The average Bonchev–Trinajstić information content (AvgIpc) is 2.15. The zero-order chi connectivity index (χ0) is 9.73. The summed E-state index contributed by atoms with van der Waals surface area (Å²) in [7, 11) is 0. The Hall–Kier alpha value is -0.120. The molecule has 1 aliphatic rings. The molecule has 13 heavy (non-hydrogen) atoms. The van der Waals surface area contributed by atoms with Gasteiger partial charge in [0.2, 0.25) is 0 Å². The SMILES string of the molecule is CC(CN)NCC1(C)CCOCC1. The standard InChI is InChI=1S/C10H22N2O/c1-9(7-11)12-8-10(2)3-5-13-6-4-10/h9,12H,3-8,11H2,1-2H3. The third-order valence-corrected chi connectivity index (χ3v) is 2.93.